The molecule has 0 heterocycles. The van der Waals surface area contributed by atoms with E-state index in [0.717, 1.165) is 0 Å². The second kappa shape index (κ2) is 6.30. The van der Waals surface area contributed by atoms with Gasteiger partial charge in [-0.25, -0.2) is 0 Å². The topological polar surface area (TPSA) is 80.9 Å². The van der Waals surface area contributed by atoms with Gasteiger partial charge in [-0.3, -0.25) is 0 Å². The molecule has 4 nitrogen and oxygen atoms in total. The van der Waals surface area contributed by atoms with E-state index in [-0.39, 0.29) is 19.6 Å². The average molecular weight is 162 g/mol. The van der Waals surface area contributed by atoms with Crippen LogP contribution in [0.15, 0.2) is 12.2 Å². The van der Waals surface area contributed by atoms with E-state index >= 15 is 0 Å². The maximum atomic E-state index is 9.01. The molecule has 4 heteroatoms. The van der Waals surface area contributed by atoms with Gasteiger partial charge in [0.15, 0.2) is 0 Å². The zero-order valence-electron chi connectivity index (χ0n) is 6.22. The first-order valence-corrected chi connectivity index (χ1v) is 3.45. The highest BCUT2D eigenvalue weighted by atomic mass is 16.3. The fourth-order valence-corrected chi connectivity index (χ4v) is 0.650. The zero-order chi connectivity index (χ0) is 8.69. The molecule has 2 atom stereocenters. The predicted molar refractivity (Wildman–Crippen MR) is 39.9 cm³/mol. The van der Waals surface area contributed by atoms with Gasteiger partial charge in [0.2, 0.25) is 0 Å². The van der Waals surface area contributed by atoms with Gasteiger partial charge in [-0.2, -0.15) is 0 Å². The molecule has 0 aromatic carbocycles. The summed E-state index contributed by atoms with van der Waals surface area (Å²) in [6.45, 7) is -0.490. The van der Waals surface area contributed by atoms with Crippen molar-refractivity contribution >= 4 is 0 Å². The van der Waals surface area contributed by atoms with Crippen LogP contribution in [-0.4, -0.2) is 45.8 Å². The molecule has 0 saturated heterocycles. The molecule has 4 N–H and O–H groups in total. The van der Waals surface area contributed by atoms with Crippen LogP contribution >= 0.6 is 0 Å². The Morgan fingerprint density at radius 2 is 1.82 bits per heavy atom. The molecular weight excluding hydrogens is 148 g/mol. The fourth-order valence-electron chi connectivity index (χ4n) is 0.650. The first-order valence-electron chi connectivity index (χ1n) is 3.45. The third-order valence-electron chi connectivity index (χ3n) is 1.19. The van der Waals surface area contributed by atoms with E-state index in [1.165, 1.54) is 12.2 Å². The van der Waals surface area contributed by atoms with Crippen LogP contribution in [0.5, 0.6) is 0 Å². The standard InChI is InChI=1S/C7H14O4/c8-3-1-2-6(10)4-7(11)5-9/h1-2,6-11H,3-5H2. The molecule has 0 amide bonds. The molecule has 0 radical (unpaired) electrons. The summed E-state index contributed by atoms with van der Waals surface area (Å²) in [6, 6.07) is 0. The van der Waals surface area contributed by atoms with Crippen LogP contribution in [0.3, 0.4) is 0 Å². The van der Waals surface area contributed by atoms with Crippen molar-refractivity contribution < 1.29 is 20.4 Å². The lowest BCUT2D eigenvalue weighted by Gasteiger charge is -2.09. The molecule has 0 saturated carbocycles. The second-order valence-electron chi connectivity index (χ2n) is 2.25. The van der Waals surface area contributed by atoms with Crippen molar-refractivity contribution in [1.29, 1.82) is 0 Å². The van der Waals surface area contributed by atoms with E-state index in [1.54, 1.807) is 0 Å². The van der Waals surface area contributed by atoms with Crippen molar-refractivity contribution in [2.75, 3.05) is 13.2 Å². The SMILES string of the molecule is OCC=CC(O)CC(O)CO. The molecule has 0 aliphatic carbocycles. The van der Waals surface area contributed by atoms with E-state index in [2.05, 4.69) is 0 Å². The molecule has 0 bridgehead atoms. The van der Waals surface area contributed by atoms with Gasteiger partial charge in [0.25, 0.3) is 0 Å². The van der Waals surface area contributed by atoms with Crippen molar-refractivity contribution in [3.05, 3.63) is 12.2 Å². The van der Waals surface area contributed by atoms with Crippen molar-refractivity contribution in [2.24, 2.45) is 0 Å². The van der Waals surface area contributed by atoms with Gasteiger partial charge in [0, 0.05) is 6.42 Å². The summed E-state index contributed by atoms with van der Waals surface area (Å²) in [7, 11) is 0. The molecule has 2 unspecified atom stereocenters. The lowest BCUT2D eigenvalue weighted by molar-refractivity contribution is 0.0556. The molecule has 0 aliphatic heterocycles. The molecule has 0 fully saturated rings. The van der Waals surface area contributed by atoms with Gasteiger partial charge in [-0.05, 0) is 0 Å². The molecular formula is C7H14O4. The van der Waals surface area contributed by atoms with E-state index in [1.807, 2.05) is 0 Å². The minimum Gasteiger partial charge on any atom is -0.394 e. The Kier molecular flexibility index (Phi) is 6.06. The Balaban J connectivity index is 3.50. The van der Waals surface area contributed by atoms with E-state index in [4.69, 9.17) is 20.4 Å². The van der Waals surface area contributed by atoms with Crippen molar-refractivity contribution in [2.45, 2.75) is 18.6 Å². The summed E-state index contributed by atoms with van der Waals surface area (Å²) in [4.78, 5) is 0. The quantitative estimate of drug-likeness (QED) is 0.376. The fraction of sp³-hybridized carbons (Fsp3) is 0.714. The van der Waals surface area contributed by atoms with Crippen LogP contribution in [0, 0.1) is 0 Å². The monoisotopic (exact) mass is 162 g/mol. The summed E-state index contributed by atoms with van der Waals surface area (Å²) >= 11 is 0. The predicted octanol–water partition coefficient (Wildman–Crippen LogP) is -1.36. The molecule has 0 rings (SSSR count). The van der Waals surface area contributed by atoms with E-state index in [9.17, 15) is 0 Å². The maximum Gasteiger partial charge on any atom is 0.0798 e. The summed E-state index contributed by atoms with van der Waals surface area (Å²) < 4.78 is 0. The first-order chi connectivity index (χ1) is 5.20. The van der Waals surface area contributed by atoms with E-state index < -0.39 is 12.2 Å². The lowest BCUT2D eigenvalue weighted by Crippen LogP contribution is -2.19. The Morgan fingerprint density at radius 1 is 1.18 bits per heavy atom. The number of hydrogen-bond donors (Lipinski definition) is 4. The van der Waals surface area contributed by atoms with Crippen LogP contribution < -0.4 is 0 Å². The first kappa shape index (κ1) is 10.6. The minimum absolute atomic E-state index is 0.0903. The number of aliphatic hydroxyl groups excluding tert-OH is 4. The maximum absolute atomic E-state index is 9.01. The van der Waals surface area contributed by atoms with Crippen molar-refractivity contribution in [3.8, 4) is 0 Å². The van der Waals surface area contributed by atoms with Gasteiger partial charge in [-0.15, -0.1) is 0 Å². The Hall–Kier alpha value is -0.420. The number of aliphatic hydroxyl groups is 4. The van der Waals surface area contributed by atoms with Crippen LogP contribution in [0.25, 0.3) is 0 Å². The van der Waals surface area contributed by atoms with Crippen molar-refractivity contribution in [1.82, 2.24) is 0 Å². The molecule has 0 aromatic rings. The normalized spacial score (nSPS) is 17.1. The van der Waals surface area contributed by atoms with Crippen LogP contribution in [0.1, 0.15) is 6.42 Å². The van der Waals surface area contributed by atoms with Gasteiger partial charge in [0.05, 0.1) is 25.4 Å². The van der Waals surface area contributed by atoms with Gasteiger partial charge < -0.3 is 20.4 Å². The lowest BCUT2D eigenvalue weighted by atomic mass is 10.1. The Morgan fingerprint density at radius 3 is 2.27 bits per heavy atom. The van der Waals surface area contributed by atoms with Gasteiger partial charge in [-0.1, -0.05) is 12.2 Å². The van der Waals surface area contributed by atoms with Gasteiger partial charge in [0.1, 0.15) is 0 Å². The van der Waals surface area contributed by atoms with Crippen molar-refractivity contribution in [3.63, 3.8) is 0 Å². The Bertz CT molecular complexity index is 113. The van der Waals surface area contributed by atoms with Crippen LogP contribution in [0.4, 0.5) is 0 Å². The molecule has 11 heavy (non-hydrogen) atoms. The van der Waals surface area contributed by atoms with E-state index in [0.29, 0.717) is 0 Å². The Labute approximate surface area is 65.4 Å². The van der Waals surface area contributed by atoms with Crippen LogP contribution in [-0.2, 0) is 0 Å². The molecule has 0 aliphatic rings. The molecule has 66 valence electrons. The average Bonchev–Trinajstić information content (AvgIpc) is 2.00. The summed E-state index contributed by atoms with van der Waals surface area (Å²) in [5, 5.41) is 34.5. The molecule has 0 spiro atoms. The zero-order valence-corrected chi connectivity index (χ0v) is 6.22. The summed E-state index contributed by atoms with van der Waals surface area (Å²) in [5.41, 5.74) is 0. The number of rotatable bonds is 5. The third-order valence-corrected chi connectivity index (χ3v) is 1.19. The largest absolute Gasteiger partial charge is 0.394 e. The minimum atomic E-state index is -0.895. The third kappa shape index (κ3) is 6.00. The highest BCUT2D eigenvalue weighted by Gasteiger charge is 2.06. The highest BCUT2D eigenvalue weighted by Crippen LogP contribution is 1.98. The second-order valence-corrected chi connectivity index (χ2v) is 2.25. The summed E-state index contributed by atoms with van der Waals surface area (Å²) in [6.07, 6.45) is 1.15. The van der Waals surface area contributed by atoms with Gasteiger partial charge >= 0.3 is 0 Å². The number of hydrogen-bond acceptors (Lipinski definition) is 4. The molecule has 0 aromatic heterocycles. The van der Waals surface area contributed by atoms with Crippen LogP contribution in [0.2, 0.25) is 0 Å². The smallest absolute Gasteiger partial charge is 0.0798 e. The highest BCUT2D eigenvalue weighted by molar-refractivity contribution is 4.89. The summed E-state index contributed by atoms with van der Waals surface area (Å²) in [5.74, 6) is 0.